The number of fused-ring (bicyclic) bond motifs is 1. The van der Waals surface area contributed by atoms with Gasteiger partial charge in [-0.1, -0.05) is 42.5 Å². The molecule has 0 aliphatic heterocycles. The van der Waals surface area contributed by atoms with E-state index in [0.717, 1.165) is 44.8 Å². The minimum absolute atomic E-state index is 0.167. The highest BCUT2D eigenvalue weighted by molar-refractivity contribution is 6.05. The van der Waals surface area contributed by atoms with E-state index in [0.29, 0.717) is 11.3 Å². The minimum Gasteiger partial charge on any atom is -0.338 e. The molecule has 0 atom stereocenters. The summed E-state index contributed by atoms with van der Waals surface area (Å²) in [4.78, 5) is 25.1. The van der Waals surface area contributed by atoms with Crippen molar-refractivity contribution in [3.63, 3.8) is 0 Å². The molecular formula is C27H22N4O. The highest BCUT2D eigenvalue weighted by Crippen LogP contribution is 2.28. The van der Waals surface area contributed by atoms with Crippen LogP contribution in [0, 0.1) is 13.8 Å². The Morgan fingerprint density at radius 3 is 2.41 bits per heavy atom. The van der Waals surface area contributed by atoms with Gasteiger partial charge >= 0.3 is 0 Å². The number of nitrogens with zero attached hydrogens (tertiary/aromatic N) is 2. The molecule has 2 aromatic heterocycles. The van der Waals surface area contributed by atoms with Crippen molar-refractivity contribution < 1.29 is 4.79 Å². The number of aromatic nitrogens is 3. The van der Waals surface area contributed by atoms with E-state index in [1.54, 1.807) is 18.3 Å². The number of carbonyl (C=O) groups excluding carboxylic acids is 1. The Kier molecular flexibility index (Phi) is 5.00. The molecule has 156 valence electrons. The lowest BCUT2D eigenvalue weighted by atomic mass is 10.0. The van der Waals surface area contributed by atoms with Crippen molar-refractivity contribution in [3.8, 4) is 22.5 Å². The molecule has 0 fully saturated rings. The molecule has 0 saturated carbocycles. The van der Waals surface area contributed by atoms with Crippen LogP contribution in [0.25, 0.3) is 33.5 Å². The third-order valence-corrected chi connectivity index (χ3v) is 5.56. The number of anilines is 1. The van der Waals surface area contributed by atoms with E-state index in [1.807, 2.05) is 55.5 Å². The Bertz CT molecular complexity index is 1450. The van der Waals surface area contributed by atoms with E-state index >= 15 is 0 Å². The molecule has 5 rings (SSSR count). The van der Waals surface area contributed by atoms with E-state index < -0.39 is 0 Å². The smallest absolute Gasteiger partial charge is 0.257 e. The van der Waals surface area contributed by atoms with Crippen molar-refractivity contribution in [2.75, 3.05) is 5.32 Å². The number of amides is 1. The Hall–Kier alpha value is -4.25. The minimum atomic E-state index is -0.167. The van der Waals surface area contributed by atoms with Gasteiger partial charge in [-0.3, -0.25) is 9.78 Å². The standard InChI is InChI=1S/C27H22N4O/c1-17-7-3-13-24-25(17)31-26(30-24)21-10-4-8-19(15-21)20-9-5-11-22(16-20)29-27(32)23-12-6-14-28-18(23)2/h3-16H,1-2H3,(H,29,32)(H,30,31). The summed E-state index contributed by atoms with van der Waals surface area (Å²) in [6, 6.07) is 25.8. The van der Waals surface area contributed by atoms with Gasteiger partial charge in [0, 0.05) is 23.1 Å². The maximum Gasteiger partial charge on any atom is 0.257 e. The van der Waals surface area contributed by atoms with Gasteiger partial charge in [-0.05, 0) is 66.9 Å². The van der Waals surface area contributed by atoms with Gasteiger partial charge < -0.3 is 10.3 Å². The number of hydrogen-bond donors (Lipinski definition) is 2. The molecule has 3 aromatic carbocycles. The van der Waals surface area contributed by atoms with Crippen molar-refractivity contribution in [1.29, 1.82) is 0 Å². The average molecular weight is 419 g/mol. The number of aryl methyl sites for hydroxylation is 2. The zero-order valence-electron chi connectivity index (χ0n) is 17.9. The number of H-pyrrole nitrogens is 1. The summed E-state index contributed by atoms with van der Waals surface area (Å²) in [5.74, 6) is 0.673. The predicted molar refractivity (Wildman–Crippen MR) is 129 cm³/mol. The molecule has 0 aliphatic carbocycles. The first-order valence-corrected chi connectivity index (χ1v) is 10.5. The Morgan fingerprint density at radius 2 is 1.59 bits per heavy atom. The zero-order chi connectivity index (χ0) is 22.1. The maximum absolute atomic E-state index is 12.7. The lowest BCUT2D eigenvalue weighted by Crippen LogP contribution is -2.13. The van der Waals surface area contributed by atoms with Crippen molar-refractivity contribution in [3.05, 3.63) is 102 Å². The van der Waals surface area contributed by atoms with E-state index in [1.165, 1.54) is 0 Å². The number of carbonyl (C=O) groups is 1. The molecule has 0 radical (unpaired) electrons. The maximum atomic E-state index is 12.7. The third kappa shape index (κ3) is 3.76. The van der Waals surface area contributed by atoms with E-state index in [-0.39, 0.29) is 5.91 Å². The van der Waals surface area contributed by atoms with Crippen LogP contribution in [0.3, 0.4) is 0 Å². The van der Waals surface area contributed by atoms with Crippen LogP contribution in [0.1, 0.15) is 21.6 Å². The van der Waals surface area contributed by atoms with Gasteiger partial charge in [0.25, 0.3) is 5.91 Å². The number of rotatable bonds is 4. The van der Waals surface area contributed by atoms with E-state index in [9.17, 15) is 4.79 Å². The lowest BCUT2D eigenvalue weighted by molar-refractivity contribution is 0.102. The molecule has 0 unspecified atom stereocenters. The van der Waals surface area contributed by atoms with Crippen molar-refractivity contribution >= 4 is 22.6 Å². The SMILES string of the molecule is Cc1ncccc1C(=O)Nc1cccc(-c2cccc(-c3nc4c(C)cccc4[nH]3)c2)c1. The quantitative estimate of drug-likeness (QED) is 0.367. The van der Waals surface area contributed by atoms with Gasteiger partial charge in [0.15, 0.2) is 0 Å². The highest BCUT2D eigenvalue weighted by Gasteiger charge is 2.11. The molecule has 2 N–H and O–H groups in total. The van der Waals surface area contributed by atoms with Gasteiger partial charge in [0.05, 0.1) is 16.6 Å². The Labute approximate surface area is 186 Å². The van der Waals surface area contributed by atoms with Crippen LogP contribution in [-0.4, -0.2) is 20.9 Å². The first-order chi connectivity index (χ1) is 15.6. The van der Waals surface area contributed by atoms with Crippen LogP contribution in [0.4, 0.5) is 5.69 Å². The highest BCUT2D eigenvalue weighted by atomic mass is 16.1. The van der Waals surface area contributed by atoms with Crippen LogP contribution in [0.15, 0.2) is 85.1 Å². The average Bonchev–Trinajstić information content (AvgIpc) is 3.26. The molecule has 1 amide bonds. The van der Waals surface area contributed by atoms with E-state index in [2.05, 4.69) is 40.4 Å². The molecule has 32 heavy (non-hydrogen) atoms. The number of nitrogens with one attached hydrogen (secondary N) is 2. The molecule has 5 heteroatoms. The molecule has 0 saturated heterocycles. The van der Waals surface area contributed by atoms with Gasteiger partial charge in [0.1, 0.15) is 5.82 Å². The fourth-order valence-electron chi connectivity index (χ4n) is 3.86. The molecule has 5 nitrogen and oxygen atoms in total. The van der Waals surface area contributed by atoms with Crippen LogP contribution in [0.2, 0.25) is 0 Å². The van der Waals surface area contributed by atoms with Crippen LogP contribution in [-0.2, 0) is 0 Å². The molecule has 0 spiro atoms. The molecule has 2 heterocycles. The number of pyridine rings is 1. The van der Waals surface area contributed by atoms with Crippen LogP contribution < -0.4 is 5.32 Å². The van der Waals surface area contributed by atoms with Crippen molar-refractivity contribution in [1.82, 2.24) is 15.0 Å². The fraction of sp³-hybridized carbons (Fsp3) is 0.0741. The van der Waals surface area contributed by atoms with Gasteiger partial charge in [-0.15, -0.1) is 0 Å². The molecule has 0 bridgehead atoms. The second-order valence-electron chi connectivity index (χ2n) is 7.81. The zero-order valence-corrected chi connectivity index (χ0v) is 17.9. The summed E-state index contributed by atoms with van der Waals surface area (Å²) < 4.78 is 0. The first-order valence-electron chi connectivity index (χ1n) is 10.5. The number of hydrogen-bond acceptors (Lipinski definition) is 3. The van der Waals surface area contributed by atoms with Crippen molar-refractivity contribution in [2.24, 2.45) is 0 Å². The summed E-state index contributed by atoms with van der Waals surface area (Å²) in [6.07, 6.45) is 1.68. The van der Waals surface area contributed by atoms with Crippen LogP contribution in [0.5, 0.6) is 0 Å². The topological polar surface area (TPSA) is 70.7 Å². The second kappa shape index (κ2) is 8.12. The third-order valence-electron chi connectivity index (χ3n) is 5.56. The second-order valence-corrected chi connectivity index (χ2v) is 7.81. The largest absolute Gasteiger partial charge is 0.338 e. The van der Waals surface area contributed by atoms with E-state index in [4.69, 9.17) is 4.98 Å². The summed E-state index contributed by atoms with van der Waals surface area (Å²) in [6.45, 7) is 3.90. The fourth-order valence-corrected chi connectivity index (χ4v) is 3.86. The van der Waals surface area contributed by atoms with Crippen LogP contribution >= 0.6 is 0 Å². The Balaban J connectivity index is 1.45. The lowest BCUT2D eigenvalue weighted by Gasteiger charge is -2.09. The van der Waals surface area contributed by atoms with Gasteiger partial charge in [0.2, 0.25) is 0 Å². The monoisotopic (exact) mass is 418 g/mol. The number of benzene rings is 3. The molecule has 5 aromatic rings. The molecular weight excluding hydrogens is 396 g/mol. The molecule has 0 aliphatic rings. The van der Waals surface area contributed by atoms with Crippen molar-refractivity contribution in [2.45, 2.75) is 13.8 Å². The summed E-state index contributed by atoms with van der Waals surface area (Å²) >= 11 is 0. The van der Waals surface area contributed by atoms with Gasteiger partial charge in [-0.25, -0.2) is 4.98 Å². The van der Waals surface area contributed by atoms with Gasteiger partial charge in [-0.2, -0.15) is 0 Å². The normalized spacial score (nSPS) is 10.9. The summed E-state index contributed by atoms with van der Waals surface area (Å²) in [7, 11) is 0. The number of imidazole rings is 1. The predicted octanol–water partition coefficient (Wildman–Crippen LogP) is 6.16. The first kappa shape index (κ1) is 19.7. The summed E-state index contributed by atoms with van der Waals surface area (Å²) in [5, 5.41) is 2.98. The number of para-hydroxylation sites is 1. The number of aromatic amines is 1. The summed E-state index contributed by atoms with van der Waals surface area (Å²) in [5.41, 5.74) is 8.25. The Morgan fingerprint density at radius 1 is 0.844 bits per heavy atom.